The largest absolute Gasteiger partial charge is 1.00 e. The summed E-state index contributed by atoms with van der Waals surface area (Å²) in [4.78, 5) is 0. The second-order valence-corrected chi connectivity index (χ2v) is 3.85. The van der Waals surface area contributed by atoms with Gasteiger partial charge in [0.25, 0.3) is 0 Å². The maximum Gasteiger partial charge on any atom is 1.00 e. The molecule has 0 aliphatic carbocycles. The van der Waals surface area contributed by atoms with Gasteiger partial charge in [-0.05, 0) is 0 Å². The van der Waals surface area contributed by atoms with Gasteiger partial charge in [0.15, 0.2) is 0 Å². The van der Waals surface area contributed by atoms with Gasteiger partial charge in [-0.25, -0.2) is 8.42 Å². The maximum atomic E-state index is 8.74. The van der Waals surface area contributed by atoms with Crippen LogP contribution in [0.25, 0.3) is 0 Å². The Balaban J connectivity index is -0.0000000277. The molecule has 0 rings (SSSR count). The Bertz CT molecular complexity index is 346. The Morgan fingerprint density at radius 2 is 0.667 bits per heavy atom. The van der Waals surface area contributed by atoms with E-state index in [1.807, 2.05) is 0 Å². The maximum absolute atomic E-state index is 8.74. The molecule has 0 aliphatic rings. The van der Waals surface area contributed by atoms with Crippen LogP contribution in [0, 0.1) is 0 Å². The van der Waals surface area contributed by atoms with E-state index in [0.717, 1.165) is 0 Å². The van der Waals surface area contributed by atoms with Crippen molar-refractivity contribution in [3.8, 4) is 0 Å². The summed E-state index contributed by atoms with van der Waals surface area (Å²) in [6.45, 7) is 0. The van der Waals surface area contributed by atoms with Gasteiger partial charge in [-0.3, -0.25) is 22.1 Å². The average molecular weight is 376 g/mol. The second-order valence-electron chi connectivity index (χ2n) is 1.28. The van der Waals surface area contributed by atoms with Crippen LogP contribution in [0.15, 0.2) is 0 Å². The first-order valence-electron chi connectivity index (χ1n) is 2.05. The summed E-state index contributed by atoms with van der Waals surface area (Å²) >= 11 is 0. The van der Waals surface area contributed by atoms with Crippen LogP contribution in [0.1, 0.15) is 0 Å². The van der Waals surface area contributed by atoms with E-state index in [2.05, 4.69) is 0 Å². The van der Waals surface area contributed by atoms with Crippen molar-refractivity contribution in [3.63, 3.8) is 0 Å². The fourth-order valence-electron chi connectivity index (χ4n) is 0. The summed E-state index contributed by atoms with van der Waals surface area (Å²) in [5.41, 5.74) is 0. The Hall–Kier alpha value is 3.25. The van der Waals surface area contributed by atoms with Gasteiger partial charge in [-0.1, -0.05) is 0 Å². The number of hydrogen-bond acceptors (Lipinski definition) is 9. The molecule has 0 spiro atoms. The van der Waals surface area contributed by atoms with Crippen molar-refractivity contribution in [1.82, 2.24) is 0 Å². The molecular formula is H3KNa2O12S3. The summed E-state index contributed by atoms with van der Waals surface area (Å²) in [5.74, 6) is 0. The first kappa shape index (κ1) is 37.5. The van der Waals surface area contributed by atoms with E-state index in [0.29, 0.717) is 0 Å². The van der Waals surface area contributed by atoms with Crippen molar-refractivity contribution < 1.29 is 163 Å². The summed E-state index contributed by atoms with van der Waals surface area (Å²) < 4.78 is 98.5. The van der Waals surface area contributed by atoms with Crippen LogP contribution in [0.2, 0.25) is 0 Å². The Morgan fingerprint density at radius 1 is 0.667 bits per heavy atom. The quantitative estimate of drug-likeness (QED) is 0.203. The molecule has 0 radical (unpaired) electrons. The number of rotatable bonds is 0. The summed E-state index contributed by atoms with van der Waals surface area (Å²) in [6.07, 6.45) is 0. The minimum absolute atomic E-state index is 0. The smallest absolute Gasteiger partial charge is 0.759 e. The van der Waals surface area contributed by atoms with Gasteiger partial charge in [0, 0.05) is 10.4 Å². The predicted molar refractivity (Wildman–Crippen MR) is 37.0 cm³/mol. The van der Waals surface area contributed by atoms with Gasteiger partial charge < -0.3 is 13.7 Å². The third-order valence-corrected chi connectivity index (χ3v) is 0. The Morgan fingerprint density at radius 3 is 0.667 bits per heavy atom. The van der Waals surface area contributed by atoms with Crippen molar-refractivity contribution >= 4 is 31.2 Å². The van der Waals surface area contributed by atoms with E-state index in [4.69, 9.17) is 52.6 Å². The fraction of sp³-hybridized carbons (Fsp3) is 0. The summed E-state index contributed by atoms with van der Waals surface area (Å²) in [6, 6.07) is 0. The van der Waals surface area contributed by atoms with Gasteiger partial charge in [-0.2, -0.15) is 8.42 Å². The van der Waals surface area contributed by atoms with Crippen molar-refractivity contribution in [2.24, 2.45) is 0 Å². The zero-order chi connectivity index (χ0) is 13.5. The molecule has 12 nitrogen and oxygen atoms in total. The molecule has 0 aromatic rings. The van der Waals surface area contributed by atoms with E-state index in [-0.39, 0.29) is 110 Å². The zero-order valence-corrected chi connectivity index (χ0v) is 18.8. The van der Waals surface area contributed by atoms with Crippen molar-refractivity contribution in [2.45, 2.75) is 0 Å². The Labute approximate surface area is 190 Å². The Kier molecular flexibility index (Phi) is 34.6. The molecule has 0 saturated carbocycles. The first-order valence-corrected chi connectivity index (χ1v) is 6.14. The van der Waals surface area contributed by atoms with Crippen LogP contribution in [0.3, 0.4) is 0 Å². The van der Waals surface area contributed by atoms with Crippen molar-refractivity contribution in [1.29, 1.82) is 0 Å². The van der Waals surface area contributed by atoms with Gasteiger partial charge in [0.2, 0.25) is 10.4 Å². The normalized spacial score (nSPS) is 9.67. The van der Waals surface area contributed by atoms with Crippen LogP contribution in [0.5, 0.6) is 0 Å². The van der Waals surface area contributed by atoms with Gasteiger partial charge >= 0.3 is 121 Å². The third-order valence-electron chi connectivity index (χ3n) is 0. The summed E-state index contributed by atoms with van der Waals surface area (Å²) in [7, 11) is -14.7. The monoisotopic (exact) mass is 376 g/mol. The molecule has 0 amide bonds. The minimum Gasteiger partial charge on any atom is -0.759 e. The van der Waals surface area contributed by atoms with Crippen LogP contribution in [0.4, 0.5) is 0 Å². The third kappa shape index (κ3) is 608. The molecule has 0 fully saturated rings. The SMILES string of the molecule is O=S(=O)(O)O.O=S(=O)([O-])O.O=S(=O)([O-])[O-].[K+].[Na+].[Na+]. The molecule has 0 aromatic carbocycles. The molecule has 0 saturated heterocycles. The van der Waals surface area contributed by atoms with Crippen LogP contribution >= 0.6 is 0 Å². The molecule has 0 aromatic heterocycles. The number of hydrogen-bond donors (Lipinski definition) is 3. The van der Waals surface area contributed by atoms with E-state index in [1.54, 1.807) is 0 Å². The van der Waals surface area contributed by atoms with E-state index in [9.17, 15) is 0 Å². The first-order chi connectivity index (χ1) is 6.00. The van der Waals surface area contributed by atoms with Crippen LogP contribution in [-0.4, -0.2) is 52.6 Å². The topological polar surface area (TPSA) is 232 Å². The average Bonchev–Trinajstić information content (AvgIpc) is 1.41. The predicted octanol–water partition coefficient (Wildman–Crippen LogP) is -12.0. The molecule has 0 heterocycles. The fourth-order valence-corrected chi connectivity index (χ4v) is 0. The summed E-state index contributed by atoms with van der Waals surface area (Å²) in [5, 5.41) is 0. The van der Waals surface area contributed by atoms with Gasteiger partial charge in [0.05, 0.1) is 0 Å². The molecule has 0 unspecified atom stereocenters. The zero-order valence-electron chi connectivity index (χ0n) is 9.24. The molecule has 18 heteroatoms. The van der Waals surface area contributed by atoms with Crippen LogP contribution in [-0.2, 0) is 31.2 Å². The molecular weight excluding hydrogens is 373 g/mol. The molecule has 0 atom stereocenters. The van der Waals surface area contributed by atoms with E-state index >= 15 is 0 Å². The van der Waals surface area contributed by atoms with Crippen molar-refractivity contribution in [2.75, 3.05) is 0 Å². The van der Waals surface area contributed by atoms with E-state index < -0.39 is 31.2 Å². The van der Waals surface area contributed by atoms with E-state index in [1.165, 1.54) is 0 Å². The molecule has 0 bridgehead atoms. The second kappa shape index (κ2) is 16.6. The van der Waals surface area contributed by atoms with Gasteiger partial charge in [-0.15, -0.1) is 0 Å². The van der Waals surface area contributed by atoms with Gasteiger partial charge in [0.1, 0.15) is 0 Å². The molecule has 0 aliphatic heterocycles. The minimum atomic E-state index is -5.17. The molecule has 96 valence electrons. The van der Waals surface area contributed by atoms with Crippen LogP contribution < -0.4 is 110 Å². The van der Waals surface area contributed by atoms with Crippen molar-refractivity contribution in [3.05, 3.63) is 0 Å². The molecule has 18 heavy (non-hydrogen) atoms. The molecule has 3 N–H and O–H groups in total. The standard InChI is InChI=1S/K.2Na.3H2O4S/c;;;3*1-5(2,3)4/h;;;3*(H2,1,2,3,4)/q3*+1;;;/p-3.